The van der Waals surface area contributed by atoms with Crippen molar-refractivity contribution in [3.8, 4) is 0 Å². The van der Waals surface area contributed by atoms with Crippen molar-refractivity contribution in [2.45, 2.75) is 51.0 Å². The Morgan fingerprint density at radius 1 is 1.20 bits per heavy atom. The molecule has 1 aliphatic heterocycles. The van der Waals surface area contributed by atoms with Crippen molar-refractivity contribution in [2.75, 3.05) is 12.4 Å². The van der Waals surface area contributed by atoms with Gasteiger partial charge >= 0.3 is 0 Å². The SMILES string of the molecule is CNC(c1ccc2c(c1)CCCC(=O)N2)C1CCCC1. The number of amides is 1. The first-order valence-electron chi connectivity index (χ1n) is 7.88. The maximum Gasteiger partial charge on any atom is 0.224 e. The third-order valence-electron chi connectivity index (χ3n) is 4.79. The summed E-state index contributed by atoms with van der Waals surface area (Å²) >= 11 is 0. The maximum atomic E-state index is 11.6. The lowest BCUT2D eigenvalue weighted by Crippen LogP contribution is -2.23. The largest absolute Gasteiger partial charge is 0.326 e. The van der Waals surface area contributed by atoms with Gasteiger partial charge < -0.3 is 10.6 Å². The Morgan fingerprint density at radius 3 is 2.75 bits per heavy atom. The molecule has 1 atom stereocenters. The summed E-state index contributed by atoms with van der Waals surface area (Å²) < 4.78 is 0. The molecular formula is C17H24N2O. The third kappa shape index (κ3) is 2.73. The summed E-state index contributed by atoms with van der Waals surface area (Å²) in [6.45, 7) is 0. The summed E-state index contributed by atoms with van der Waals surface area (Å²) in [5, 5.41) is 6.52. The molecule has 0 aromatic heterocycles. The molecule has 1 saturated carbocycles. The zero-order chi connectivity index (χ0) is 13.9. The zero-order valence-electron chi connectivity index (χ0n) is 12.2. The van der Waals surface area contributed by atoms with E-state index in [0.29, 0.717) is 12.5 Å². The standard InChI is InChI=1S/C17H24N2O/c1-18-17(12-5-2-3-6-12)14-9-10-15-13(11-14)7-4-8-16(20)19-15/h9-12,17-18H,2-8H2,1H3,(H,19,20). The normalized spacial score (nSPS) is 21.1. The molecular weight excluding hydrogens is 248 g/mol. The molecule has 2 aliphatic rings. The molecule has 1 unspecified atom stereocenters. The quantitative estimate of drug-likeness (QED) is 0.885. The average molecular weight is 272 g/mol. The van der Waals surface area contributed by atoms with Crippen molar-refractivity contribution < 1.29 is 4.79 Å². The topological polar surface area (TPSA) is 41.1 Å². The van der Waals surface area contributed by atoms with Crippen LogP contribution in [-0.2, 0) is 11.2 Å². The Balaban J connectivity index is 1.86. The lowest BCUT2D eigenvalue weighted by molar-refractivity contribution is -0.116. The molecule has 0 bridgehead atoms. The number of hydrogen-bond acceptors (Lipinski definition) is 2. The van der Waals surface area contributed by atoms with Crippen LogP contribution in [0.25, 0.3) is 0 Å². The van der Waals surface area contributed by atoms with Gasteiger partial charge in [-0.15, -0.1) is 0 Å². The number of anilines is 1. The van der Waals surface area contributed by atoms with E-state index in [1.54, 1.807) is 0 Å². The molecule has 3 nitrogen and oxygen atoms in total. The Bertz CT molecular complexity index is 492. The highest BCUT2D eigenvalue weighted by Crippen LogP contribution is 2.37. The average Bonchev–Trinajstić information content (AvgIpc) is 2.89. The van der Waals surface area contributed by atoms with Crippen LogP contribution in [0.5, 0.6) is 0 Å². The van der Waals surface area contributed by atoms with Gasteiger partial charge in [-0.2, -0.15) is 0 Å². The number of carbonyl (C=O) groups is 1. The fourth-order valence-electron chi connectivity index (χ4n) is 3.75. The van der Waals surface area contributed by atoms with E-state index in [-0.39, 0.29) is 5.91 Å². The molecule has 20 heavy (non-hydrogen) atoms. The van der Waals surface area contributed by atoms with Gasteiger partial charge in [-0.25, -0.2) is 0 Å². The van der Waals surface area contributed by atoms with Crippen LogP contribution in [0, 0.1) is 5.92 Å². The summed E-state index contributed by atoms with van der Waals surface area (Å²) in [5.74, 6) is 0.913. The number of benzene rings is 1. The predicted molar refractivity (Wildman–Crippen MR) is 81.8 cm³/mol. The highest BCUT2D eigenvalue weighted by molar-refractivity contribution is 5.92. The van der Waals surface area contributed by atoms with Gasteiger partial charge in [0.05, 0.1) is 0 Å². The Kier molecular flexibility index (Phi) is 4.06. The first kappa shape index (κ1) is 13.6. The highest BCUT2D eigenvalue weighted by atomic mass is 16.1. The third-order valence-corrected chi connectivity index (χ3v) is 4.79. The van der Waals surface area contributed by atoms with Crippen molar-refractivity contribution in [3.63, 3.8) is 0 Å². The van der Waals surface area contributed by atoms with Crippen molar-refractivity contribution in [1.82, 2.24) is 5.32 Å². The second-order valence-electron chi connectivity index (χ2n) is 6.13. The highest BCUT2D eigenvalue weighted by Gasteiger charge is 2.25. The van der Waals surface area contributed by atoms with Gasteiger partial charge in [-0.3, -0.25) is 4.79 Å². The predicted octanol–water partition coefficient (Wildman–Crippen LogP) is 3.41. The number of carbonyl (C=O) groups excluding carboxylic acids is 1. The Labute approximate surface area is 121 Å². The summed E-state index contributed by atoms with van der Waals surface area (Å²) in [7, 11) is 2.07. The fourth-order valence-corrected chi connectivity index (χ4v) is 3.75. The van der Waals surface area contributed by atoms with Crippen LogP contribution >= 0.6 is 0 Å². The molecule has 3 rings (SSSR count). The van der Waals surface area contributed by atoms with E-state index in [0.717, 1.165) is 24.4 Å². The van der Waals surface area contributed by atoms with E-state index in [9.17, 15) is 4.79 Å². The first-order chi connectivity index (χ1) is 9.78. The number of aryl methyl sites for hydroxylation is 1. The fraction of sp³-hybridized carbons (Fsp3) is 0.588. The molecule has 3 heteroatoms. The molecule has 2 N–H and O–H groups in total. The number of nitrogens with one attached hydrogen (secondary N) is 2. The van der Waals surface area contributed by atoms with Gasteiger partial charge in [0.25, 0.3) is 0 Å². The molecule has 1 aromatic carbocycles. The van der Waals surface area contributed by atoms with E-state index < -0.39 is 0 Å². The van der Waals surface area contributed by atoms with E-state index in [1.807, 2.05) is 0 Å². The number of fused-ring (bicyclic) bond motifs is 1. The summed E-state index contributed by atoms with van der Waals surface area (Å²) in [6, 6.07) is 7.04. The summed E-state index contributed by atoms with van der Waals surface area (Å²) in [4.78, 5) is 11.6. The lowest BCUT2D eigenvalue weighted by atomic mass is 9.90. The van der Waals surface area contributed by atoms with Crippen LogP contribution in [0.2, 0.25) is 0 Å². The van der Waals surface area contributed by atoms with Crippen LogP contribution in [-0.4, -0.2) is 13.0 Å². The molecule has 1 fully saturated rings. The van der Waals surface area contributed by atoms with Crippen molar-refractivity contribution in [3.05, 3.63) is 29.3 Å². The van der Waals surface area contributed by atoms with Crippen molar-refractivity contribution >= 4 is 11.6 Å². The number of hydrogen-bond donors (Lipinski definition) is 2. The van der Waals surface area contributed by atoms with Gasteiger partial charge in [-0.1, -0.05) is 25.0 Å². The molecule has 1 amide bonds. The van der Waals surface area contributed by atoms with Crippen molar-refractivity contribution in [2.24, 2.45) is 5.92 Å². The molecule has 1 heterocycles. The zero-order valence-corrected chi connectivity index (χ0v) is 12.2. The minimum absolute atomic E-state index is 0.150. The van der Waals surface area contributed by atoms with Crippen LogP contribution in [0.15, 0.2) is 18.2 Å². The molecule has 0 radical (unpaired) electrons. The lowest BCUT2D eigenvalue weighted by Gasteiger charge is -2.24. The van der Waals surface area contributed by atoms with E-state index in [4.69, 9.17) is 0 Å². The minimum atomic E-state index is 0.150. The van der Waals surface area contributed by atoms with Gasteiger partial charge in [0.15, 0.2) is 0 Å². The monoisotopic (exact) mass is 272 g/mol. The van der Waals surface area contributed by atoms with Gasteiger partial charge in [0.1, 0.15) is 0 Å². The van der Waals surface area contributed by atoms with Gasteiger partial charge in [-0.05, 0) is 55.8 Å². The van der Waals surface area contributed by atoms with E-state index in [2.05, 4.69) is 35.9 Å². The van der Waals surface area contributed by atoms with Crippen molar-refractivity contribution in [1.29, 1.82) is 0 Å². The number of rotatable bonds is 3. The van der Waals surface area contributed by atoms with Gasteiger partial charge in [0, 0.05) is 18.2 Å². The van der Waals surface area contributed by atoms with Crippen LogP contribution in [0.3, 0.4) is 0 Å². The second-order valence-corrected chi connectivity index (χ2v) is 6.13. The maximum absolute atomic E-state index is 11.6. The van der Waals surface area contributed by atoms with E-state index in [1.165, 1.54) is 36.8 Å². The summed E-state index contributed by atoms with van der Waals surface area (Å²) in [6.07, 6.45) is 7.99. The molecule has 1 aliphatic carbocycles. The Morgan fingerprint density at radius 2 is 2.00 bits per heavy atom. The van der Waals surface area contributed by atoms with E-state index >= 15 is 0 Å². The van der Waals surface area contributed by atoms with Crippen LogP contribution in [0.1, 0.15) is 55.7 Å². The molecule has 1 aromatic rings. The molecule has 0 spiro atoms. The van der Waals surface area contributed by atoms with Crippen LogP contribution < -0.4 is 10.6 Å². The summed E-state index contributed by atoms with van der Waals surface area (Å²) in [5.41, 5.74) is 3.69. The first-order valence-corrected chi connectivity index (χ1v) is 7.88. The molecule has 108 valence electrons. The Hall–Kier alpha value is -1.35. The molecule has 0 saturated heterocycles. The minimum Gasteiger partial charge on any atom is -0.326 e. The smallest absolute Gasteiger partial charge is 0.224 e. The second kappa shape index (κ2) is 5.96. The van der Waals surface area contributed by atoms with Gasteiger partial charge in [0.2, 0.25) is 5.91 Å². The van der Waals surface area contributed by atoms with Crippen LogP contribution in [0.4, 0.5) is 5.69 Å².